The largest absolute Gasteiger partial charge is 0.376 e. The third-order valence-corrected chi connectivity index (χ3v) is 7.04. The number of ether oxygens (including phenoxy) is 1. The van der Waals surface area contributed by atoms with E-state index in [1.165, 1.54) is 11.1 Å². The van der Waals surface area contributed by atoms with Crippen molar-refractivity contribution < 1.29 is 4.74 Å². The zero-order valence-corrected chi connectivity index (χ0v) is 19.7. The molecule has 4 heteroatoms. The lowest BCUT2D eigenvalue weighted by atomic mass is 9.81. The molecule has 2 aromatic carbocycles. The predicted octanol–water partition coefficient (Wildman–Crippen LogP) is 5.73. The Hall–Kier alpha value is -3.00. The SMILES string of the molecule is CC(C)(c1ccccn1)N1CC[C@@](CCc2cccc(C#N)c2)(COCc2ccccc2)C1. The van der Waals surface area contributed by atoms with Crippen LogP contribution < -0.4 is 0 Å². The van der Waals surface area contributed by atoms with E-state index in [1.807, 2.05) is 36.5 Å². The normalized spacial score (nSPS) is 18.8. The van der Waals surface area contributed by atoms with Gasteiger partial charge in [0.05, 0.1) is 36.1 Å². The molecule has 0 radical (unpaired) electrons. The molecular formula is C29H33N3O. The van der Waals surface area contributed by atoms with Crippen LogP contribution in [-0.2, 0) is 23.3 Å². The van der Waals surface area contributed by atoms with Gasteiger partial charge < -0.3 is 4.74 Å². The van der Waals surface area contributed by atoms with Crippen LogP contribution in [-0.4, -0.2) is 29.6 Å². The second-order valence-corrected chi connectivity index (χ2v) is 9.74. The van der Waals surface area contributed by atoms with E-state index in [0.29, 0.717) is 6.61 Å². The van der Waals surface area contributed by atoms with Gasteiger partial charge >= 0.3 is 0 Å². The van der Waals surface area contributed by atoms with Gasteiger partial charge in [-0.1, -0.05) is 48.5 Å². The minimum absolute atomic E-state index is 0.0729. The number of hydrogen-bond acceptors (Lipinski definition) is 4. The first kappa shape index (κ1) is 23.2. The van der Waals surface area contributed by atoms with Crippen molar-refractivity contribution >= 4 is 0 Å². The first-order valence-corrected chi connectivity index (χ1v) is 11.8. The molecule has 1 fully saturated rings. The highest BCUT2D eigenvalue weighted by Crippen LogP contribution is 2.41. The number of rotatable bonds is 9. The molecule has 0 spiro atoms. The van der Waals surface area contributed by atoms with Crippen LogP contribution in [0.15, 0.2) is 79.0 Å². The highest BCUT2D eigenvalue weighted by molar-refractivity contribution is 5.33. The van der Waals surface area contributed by atoms with Crippen molar-refractivity contribution in [2.45, 2.75) is 45.3 Å². The van der Waals surface area contributed by atoms with Gasteiger partial charge in [0.2, 0.25) is 0 Å². The van der Waals surface area contributed by atoms with Crippen LogP contribution in [0.3, 0.4) is 0 Å². The summed E-state index contributed by atoms with van der Waals surface area (Å²) in [5.41, 5.74) is 4.20. The lowest BCUT2D eigenvalue weighted by Gasteiger charge is -2.37. The first-order chi connectivity index (χ1) is 16.0. The molecule has 1 aliphatic heterocycles. The fourth-order valence-electron chi connectivity index (χ4n) is 4.86. The number of benzene rings is 2. The molecule has 0 bridgehead atoms. The zero-order valence-electron chi connectivity index (χ0n) is 19.7. The average Bonchev–Trinajstić information content (AvgIpc) is 3.30. The van der Waals surface area contributed by atoms with Gasteiger partial charge in [0.25, 0.3) is 0 Å². The van der Waals surface area contributed by atoms with E-state index in [1.54, 1.807) is 0 Å². The van der Waals surface area contributed by atoms with E-state index in [9.17, 15) is 5.26 Å². The summed E-state index contributed by atoms with van der Waals surface area (Å²) in [7, 11) is 0. The number of hydrogen-bond donors (Lipinski definition) is 0. The summed E-state index contributed by atoms with van der Waals surface area (Å²) >= 11 is 0. The van der Waals surface area contributed by atoms with E-state index < -0.39 is 0 Å². The highest BCUT2D eigenvalue weighted by atomic mass is 16.5. The number of nitrogens with zero attached hydrogens (tertiary/aromatic N) is 3. The molecular weight excluding hydrogens is 406 g/mol. The summed E-state index contributed by atoms with van der Waals surface area (Å²) in [4.78, 5) is 7.22. The van der Waals surface area contributed by atoms with Crippen LogP contribution in [0, 0.1) is 16.7 Å². The van der Waals surface area contributed by atoms with E-state index in [2.05, 4.69) is 72.3 Å². The Balaban J connectivity index is 1.49. The molecule has 2 heterocycles. The maximum atomic E-state index is 9.27. The molecule has 1 aromatic heterocycles. The van der Waals surface area contributed by atoms with Crippen LogP contribution >= 0.6 is 0 Å². The molecule has 3 aromatic rings. The van der Waals surface area contributed by atoms with E-state index in [0.717, 1.165) is 50.2 Å². The highest BCUT2D eigenvalue weighted by Gasteiger charge is 2.44. The minimum Gasteiger partial charge on any atom is -0.376 e. The molecule has 0 aliphatic carbocycles. The topological polar surface area (TPSA) is 49.2 Å². The van der Waals surface area contributed by atoms with Crippen molar-refractivity contribution in [3.8, 4) is 6.07 Å². The standard InChI is InChI=1S/C29H33N3O/c1-28(2,27-13-6-7-17-31-27)32-18-16-29(22-32,23-33-21-25-9-4-3-5-10-25)15-14-24-11-8-12-26(19-24)20-30/h3-13,17,19H,14-16,18,21-23H2,1-2H3/t29-/m1/s1. The molecule has 0 N–H and O–H groups in total. The van der Waals surface area contributed by atoms with Crippen LogP contribution in [0.2, 0.25) is 0 Å². The van der Waals surface area contributed by atoms with Gasteiger partial charge in [-0.05, 0) is 75.0 Å². The van der Waals surface area contributed by atoms with Gasteiger partial charge in [0, 0.05) is 18.2 Å². The van der Waals surface area contributed by atoms with Gasteiger partial charge in [-0.3, -0.25) is 9.88 Å². The molecule has 4 rings (SSSR count). The van der Waals surface area contributed by atoms with Crippen LogP contribution in [0.1, 0.15) is 49.1 Å². The lowest BCUT2D eigenvalue weighted by molar-refractivity contribution is 0.0236. The summed E-state index contributed by atoms with van der Waals surface area (Å²) < 4.78 is 6.31. The minimum atomic E-state index is -0.136. The van der Waals surface area contributed by atoms with Gasteiger partial charge in [0.15, 0.2) is 0 Å². The summed E-state index contributed by atoms with van der Waals surface area (Å²) in [5.74, 6) is 0. The Kier molecular flexibility index (Phi) is 7.23. The van der Waals surface area contributed by atoms with Gasteiger partial charge in [-0.25, -0.2) is 0 Å². The summed E-state index contributed by atoms with van der Waals surface area (Å²) in [5, 5.41) is 9.27. The van der Waals surface area contributed by atoms with Crippen molar-refractivity contribution in [3.63, 3.8) is 0 Å². The number of likely N-dealkylation sites (tertiary alicyclic amines) is 1. The Labute approximate surface area is 197 Å². The number of aromatic nitrogens is 1. The first-order valence-electron chi connectivity index (χ1n) is 11.8. The van der Waals surface area contributed by atoms with Crippen LogP contribution in [0.5, 0.6) is 0 Å². The van der Waals surface area contributed by atoms with E-state index in [-0.39, 0.29) is 11.0 Å². The zero-order chi connectivity index (χ0) is 23.2. The Morgan fingerprint density at radius 2 is 1.82 bits per heavy atom. The average molecular weight is 440 g/mol. The molecule has 0 saturated carbocycles. The quantitative estimate of drug-likeness (QED) is 0.427. The maximum absolute atomic E-state index is 9.27. The third kappa shape index (κ3) is 5.68. The van der Waals surface area contributed by atoms with Gasteiger partial charge in [-0.15, -0.1) is 0 Å². The Morgan fingerprint density at radius 3 is 2.58 bits per heavy atom. The summed E-state index contributed by atoms with van der Waals surface area (Å²) in [6, 6.07) is 26.8. The molecule has 1 aliphatic rings. The molecule has 33 heavy (non-hydrogen) atoms. The van der Waals surface area contributed by atoms with Crippen molar-refractivity contribution in [2.24, 2.45) is 5.41 Å². The number of pyridine rings is 1. The Bertz CT molecular complexity index is 1070. The molecule has 0 unspecified atom stereocenters. The van der Waals surface area contributed by atoms with Gasteiger partial charge in [0.1, 0.15) is 0 Å². The monoisotopic (exact) mass is 439 g/mol. The van der Waals surface area contributed by atoms with E-state index in [4.69, 9.17) is 4.74 Å². The molecule has 1 atom stereocenters. The fraction of sp³-hybridized carbons (Fsp3) is 0.379. The second kappa shape index (κ2) is 10.3. The van der Waals surface area contributed by atoms with Crippen molar-refractivity contribution in [2.75, 3.05) is 19.7 Å². The van der Waals surface area contributed by atoms with Crippen molar-refractivity contribution in [1.29, 1.82) is 5.26 Å². The molecule has 0 amide bonds. The number of aryl methyl sites for hydroxylation is 1. The number of nitriles is 1. The predicted molar refractivity (Wildman–Crippen MR) is 131 cm³/mol. The van der Waals surface area contributed by atoms with Crippen LogP contribution in [0.25, 0.3) is 0 Å². The third-order valence-electron chi connectivity index (χ3n) is 7.04. The maximum Gasteiger partial charge on any atom is 0.0991 e. The molecule has 170 valence electrons. The smallest absolute Gasteiger partial charge is 0.0991 e. The fourth-order valence-corrected chi connectivity index (χ4v) is 4.86. The van der Waals surface area contributed by atoms with Crippen molar-refractivity contribution in [1.82, 2.24) is 9.88 Å². The van der Waals surface area contributed by atoms with E-state index >= 15 is 0 Å². The van der Waals surface area contributed by atoms with Crippen LogP contribution in [0.4, 0.5) is 0 Å². The molecule has 1 saturated heterocycles. The summed E-state index contributed by atoms with van der Waals surface area (Å²) in [6.07, 6.45) is 4.95. The Morgan fingerprint density at radius 1 is 1.03 bits per heavy atom. The lowest BCUT2D eigenvalue weighted by Crippen LogP contribution is -2.43. The molecule has 4 nitrogen and oxygen atoms in total. The van der Waals surface area contributed by atoms with Crippen molar-refractivity contribution in [3.05, 3.63) is 101 Å². The second-order valence-electron chi connectivity index (χ2n) is 9.74. The van der Waals surface area contributed by atoms with Gasteiger partial charge in [-0.2, -0.15) is 5.26 Å². The summed E-state index contributed by atoms with van der Waals surface area (Å²) in [6.45, 7) is 7.91.